The van der Waals surface area contributed by atoms with Crippen LogP contribution in [0.5, 0.6) is 0 Å². The van der Waals surface area contributed by atoms with Crippen molar-refractivity contribution < 1.29 is 64.6 Å². The van der Waals surface area contributed by atoms with E-state index in [9.17, 15) is 45.6 Å². The van der Waals surface area contributed by atoms with Crippen molar-refractivity contribution in [1.82, 2.24) is 5.32 Å². The van der Waals surface area contributed by atoms with Gasteiger partial charge >= 0.3 is 0 Å². The van der Waals surface area contributed by atoms with Crippen LogP contribution in [0.3, 0.4) is 0 Å². The van der Waals surface area contributed by atoms with Crippen molar-refractivity contribution in [3.05, 3.63) is 97.2 Å². The van der Waals surface area contributed by atoms with E-state index in [1.165, 1.54) is 96.3 Å². The molecule has 76 heavy (non-hydrogen) atoms. The Balaban J connectivity index is 1.83. The minimum absolute atomic E-state index is 0.213. The summed E-state index contributed by atoms with van der Waals surface area (Å²) in [4.78, 5) is 13.2. The normalized spacial score (nSPS) is 25.6. The number of nitrogens with one attached hydrogen (secondary N) is 1. The average Bonchev–Trinajstić information content (AvgIpc) is 3.42. The van der Waals surface area contributed by atoms with Crippen molar-refractivity contribution in [2.24, 2.45) is 0 Å². The summed E-state index contributed by atoms with van der Waals surface area (Å²) in [6.45, 7) is 2.63. The average molecular weight is 1070 g/mol. The summed E-state index contributed by atoms with van der Waals surface area (Å²) in [5, 5.41) is 87.0. The van der Waals surface area contributed by atoms with E-state index >= 15 is 0 Å². The molecule has 12 unspecified atom stereocenters. The van der Waals surface area contributed by atoms with Crippen LogP contribution in [0.25, 0.3) is 0 Å². The number of carbonyl (C=O) groups is 1. The van der Waals surface area contributed by atoms with E-state index in [0.29, 0.717) is 12.8 Å². The summed E-state index contributed by atoms with van der Waals surface area (Å²) in [6.07, 6.45) is 47.3. The molecule has 2 fully saturated rings. The summed E-state index contributed by atoms with van der Waals surface area (Å²) < 4.78 is 22.7. The van der Waals surface area contributed by atoms with Gasteiger partial charge < -0.3 is 65.1 Å². The Morgan fingerprint density at radius 2 is 0.921 bits per heavy atom. The highest BCUT2D eigenvalue weighted by Gasteiger charge is 2.51. The number of aliphatic hydroxyl groups is 8. The van der Waals surface area contributed by atoms with E-state index < -0.39 is 86.8 Å². The van der Waals surface area contributed by atoms with E-state index in [2.05, 4.69) is 104 Å². The lowest BCUT2D eigenvalue weighted by Gasteiger charge is -2.46. The first-order chi connectivity index (χ1) is 37.1. The van der Waals surface area contributed by atoms with Crippen molar-refractivity contribution >= 4 is 5.91 Å². The Morgan fingerprint density at radius 3 is 1.45 bits per heavy atom. The van der Waals surface area contributed by atoms with Gasteiger partial charge in [0, 0.05) is 6.42 Å². The van der Waals surface area contributed by atoms with E-state index in [0.717, 1.165) is 64.2 Å². The number of allylic oxidation sites excluding steroid dienone is 15. The molecule has 2 heterocycles. The molecule has 0 saturated carbocycles. The number of ether oxygens (including phenoxy) is 4. The fraction of sp³-hybridized carbons (Fsp3) is 0.726. The van der Waals surface area contributed by atoms with Gasteiger partial charge in [0.1, 0.15) is 48.8 Å². The molecule has 2 saturated heterocycles. The van der Waals surface area contributed by atoms with Gasteiger partial charge in [-0.1, -0.05) is 201 Å². The molecule has 0 aromatic carbocycles. The van der Waals surface area contributed by atoms with Gasteiger partial charge in [0.15, 0.2) is 12.6 Å². The zero-order chi connectivity index (χ0) is 55.3. The van der Waals surface area contributed by atoms with E-state index in [-0.39, 0.29) is 18.9 Å². The molecule has 14 nitrogen and oxygen atoms in total. The molecule has 9 N–H and O–H groups in total. The molecule has 2 aliphatic rings. The lowest BCUT2D eigenvalue weighted by molar-refractivity contribution is -0.359. The Morgan fingerprint density at radius 1 is 0.487 bits per heavy atom. The van der Waals surface area contributed by atoms with Gasteiger partial charge in [-0.25, -0.2) is 0 Å². The third kappa shape index (κ3) is 32.1. The summed E-state index contributed by atoms with van der Waals surface area (Å²) in [5.41, 5.74) is 0. The standard InChI is InChI=1S/C62H105NO13/c1-3-5-7-9-11-13-15-17-19-21-23-25-27-29-31-33-35-37-39-41-43-45-51(66)50(49-73-61-59(72)57(70)60(53(48-65)75-61)76-62-58(71)56(69)55(68)52(47-64)74-62)63-54(67)46-44-42-40-38-36-34-32-30-28-26-24-22-20-18-16-14-12-10-8-6-4-2/h6,8,12,14,18,20,24,26,30,32,35-38,43,45,50-53,55-62,64-66,68-72H,3-5,7,9-11,13,15-17,19,21-23,25,27-29,31,33-34,39-42,44,46-49H2,1-2H3,(H,63,67)/b8-6-,14-12-,20-18-,26-24-,32-30-,37-35+,38-36-,45-43+. The summed E-state index contributed by atoms with van der Waals surface area (Å²) >= 11 is 0. The molecule has 436 valence electrons. The minimum Gasteiger partial charge on any atom is -0.394 e. The molecule has 0 bridgehead atoms. The first-order valence-corrected chi connectivity index (χ1v) is 29.5. The molecular formula is C62H105NO13. The number of unbranched alkanes of at least 4 members (excludes halogenated alkanes) is 18. The SMILES string of the molecule is CC/C=C\C/C=C\C/C=C\C/C=C\C/C=C\C/C=C\CCCCC(=O)NC(COC1OC(CO)C(OC2OC(CO)C(O)C(O)C2O)C(O)C1O)C(O)/C=C/CC/C=C/CCCCCCCCCCCCCCCCC. The lowest BCUT2D eigenvalue weighted by Crippen LogP contribution is -2.65. The van der Waals surface area contributed by atoms with Crippen LogP contribution >= 0.6 is 0 Å². The quantitative estimate of drug-likeness (QED) is 0.0205. The monoisotopic (exact) mass is 1070 g/mol. The highest BCUT2D eigenvalue weighted by atomic mass is 16.7. The largest absolute Gasteiger partial charge is 0.394 e. The third-order valence-corrected chi connectivity index (χ3v) is 13.8. The zero-order valence-corrected chi connectivity index (χ0v) is 46.7. The first kappa shape index (κ1) is 69.0. The number of hydrogen-bond donors (Lipinski definition) is 9. The summed E-state index contributed by atoms with van der Waals surface area (Å²) in [7, 11) is 0. The molecule has 0 spiro atoms. The van der Waals surface area contributed by atoms with Crippen LogP contribution in [0.1, 0.15) is 194 Å². The van der Waals surface area contributed by atoms with Crippen LogP contribution in [0.2, 0.25) is 0 Å². The van der Waals surface area contributed by atoms with Crippen molar-refractivity contribution in [3.8, 4) is 0 Å². The second-order valence-corrected chi connectivity index (χ2v) is 20.4. The Labute approximate surface area is 458 Å². The molecule has 0 aromatic heterocycles. The van der Waals surface area contributed by atoms with Gasteiger partial charge in [-0.05, 0) is 83.5 Å². The second kappa shape index (κ2) is 46.8. The van der Waals surface area contributed by atoms with Crippen molar-refractivity contribution in [2.45, 2.75) is 267 Å². The molecule has 1 amide bonds. The molecule has 0 aliphatic carbocycles. The van der Waals surface area contributed by atoms with Gasteiger partial charge in [-0.3, -0.25) is 4.79 Å². The first-order valence-electron chi connectivity index (χ1n) is 29.5. The molecule has 12 atom stereocenters. The molecule has 0 radical (unpaired) electrons. The lowest BCUT2D eigenvalue weighted by atomic mass is 9.97. The van der Waals surface area contributed by atoms with E-state index in [1.54, 1.807) is 6.08 Å². The maximum atomic E-state index is 13.2. The van der Waals surface area contributed by atoms with Crippen LogP contribution in [-0.4, -0.2) is 140 Å². The van der Waals surface area contributed by atoms with Gasteiger partial charge in [0.2, 0.25) is 5.91 Å². The second-order valence-electron chi connectivity index (χ2n) is 20.4. The fourth-order valence-electron chi connectivity index (χ4n) is 9.01. The summed E-state index contributed by atoms with van der Waals surface area (Å²) in [6, 6.07) is -0.962. The molecule has 2 aliphatic heterocycles. The number of carbonyl (C=O) groups excluding carboxylic acids is 1. The van der Waals surface area contributed by atoms with Crippen molar-refractivity contribution in [1.29, 1.82) is 0 Å². The highest BCUT2D eigenvalue weighted by Crippen LogP contribution is 2.30. The van der Waals surface area contributed by atoms with Crippen LogP contribution < -0.4 is 5.32 Å². The van der Waals surface area contributed by atoms with Gasteiger partial charge in [-0.2, -0.15) is 0 Å². The van der Waals surface area contributed by atoms with Crippen molar-refractivity contribution in [2.75, 3.05) is 19.8 Å². The molecule has 0 aromatic rings. The van der Waals surface area contributed by atoms with Gasteiger partial charge in [0.05, 0.1) is 32.0 Å². The topological polar surface area (TPSA) is 228 Å². The maximum absolute atomic E-state index is 13.2. The maximum Gasteiger partial charge on any atom is 0.220 e. The Kier molecular flexibility index (Phi) is 42.5. The van der Waals surface area contributed by atoms with E-state index in [1.807, 2.05) is 6.08 Å². The van der Waals surface area contributed by atoms with Crippen LogP contribution in [0.15, 0.2) is 97.2 Å². The van der Waals surface area contributed by atoms with Gasteiger partial charge in [0.25, 0.3) is 0 Å². The van der Waals surface area contributed by atoms with Crippen LogP contribution in [0, 0.1) is 0 Å². The Hall–Kier alpha value is -3.09. The smallest absolute Gasteiger partial charge is 0.220 e. The number of hydrogen-bond acceptors (Lipinski definition) is 13. The predicted octanol–water partition coefficient (Wildman–Crippen LogP) is 9.89. The number of amides is 1. The third-order valence-electron chi connectivity index (χ3n) is 13.8. The molecule has 14 heteroatoms. The van der Waals surface area contributed by atoms with E-state index in [4.69, 9.17) is 18.9 Å². The highest BCUT2D eigenvalue weighted by molar-refractivity contribution is 5.76. The fourth-order valence-corrected chi connectivity index (χ4v) is 9.01. The predicted molar refractivity (Wildman–Crippen MR) is 304 cm³/mol. The molecular weight excluding hydrogens is 967 g/mol. The molecule has 2 rings (SSSR count). The number of rotatable bonds is 45. The van der Waals surface area contributed by atoms with Crippen LogP contribution in [0.4, 0.5) is 0 Å². The van der Waals surface area contributed by atoms with Gasteiger partial charge in [-0.15, -0.1) is 0 Å². The minimum atomic E-state index is -1.80. The van der Waals surface area contributed by atoms with Crippen LogP contribution in [-0.2, 0) is 23.7 Å². The summed E-state index contributed by atoms with van der Waals surface area (Å²) in [5.74, 6) is -0.295. The Bertz CT molecular complexity index is 1640. The number of aliphatic hydroxyl groups excluding tert-OH is 8. The zero-order valence-electron chi connectivity index (χ0n) is 46.7. The van der Waals surface area contributed by atoms with Crippen molar-refractivity contribution in [3.63, 3.8) is 0 Å².